The van der Waals surface area contributed by atoms with Gasteiger partial charge in [-0.1, -0.05) is 24.3 Å². The molecule has 0 bridgehead atoms. The SMILES string of the molecule is Cc1cc(C)c(C(=O)NCc2cccc(-c3ccccn3)c2)o1. The van der Waals surface area contributed by atoms with E-state index in [9.17, 15) is 4.79 Å². The molecule has 3 aromatic rings. The van der Waals surface area contributed by atoms with Crippen LogP contribution in [0.1, 0.15) is 27.4 Å². The molecule has 0 saturated heterocycles. The van der Waals surface area contributed by atoms with E-state index in [0.717, 1.165) is 28.1 Å². The summed E-state index contributed by atoms with van der Waals surface area (Å²) in [6.07, 6.45) is 1.77. The Morgan fingerprint density at radius 3 is 2.70 bits per heavy atom. The topological polar surface area (TPSA) is 55.1 Å². The van der Waals surface area contributed by atoms with Gasteiger partial charge in [0.15, 0.2) is 5.76 Å². The first kappa shape index (κ1) is 15.0. The molecule has 0 spiro atoms. The summed E-state index contributed by atoms with van der Waals surface area (Å²) in [6.45, 7) is 4.14. The molecule has 2 aromatic heterocycles. The van der Waals surface area contributed by atoms with Crippen molar-refractivity contribution in [2.45, 2.75) is 20.4 Å². The lowest BCUT2D eigenvalue weighted by atomic mass is 10.1. The zero-order valence-electron chi connectivity index (χ0n) is 13.2. The van der Waals surface area contributed by atoms with Crippen LogP contribution in [0.3, 0.4) is 0 Å². The molecule has 0 atom stereocenters. The second-order valence-corrected chi connectivity index (χ2v) is 5.47. The molecule has 0 aliphatic carbocycles. The maximum absolute atomic E-state index is 12.2. The molecule has 1 amide bonds. The third-order valence-electron chi connectivity index (χ3n) is 3.59. The average Bonchev–Trinajstić information content (AvgIpc) is 2.92. The fraction of sp³-hybridized carbons (Fsp3) is 0.158. The molecule has 0 unspecified atom stereocenters. The number of benzene rings is 1. The number of aromatic nitrogens is 1. The first-order valence-electron chi connectivity index (χ1n) is 7.49. The molecule has 1 aromatic carbocycles. The van der Waals surface area contributed by atoms with Crippen LogP contribution in [-0.4, -0.2) is 10.9 Å². The number of pyridine rings is 1. The number of amides is 1. The molecular weight excluding hydrogens is 288 g/mol. The molecule has 2 heterocycles. The van der Waals surface area contributed by atoms with Crippen LogP contribution in [0.15, 0.2) is 59.1 Å². The molecule has 116 valence electrons. The standard InChI is InChI=1S/C19H18N2O2/c1-13-10-14(2)23-18(13)19(22)21-12-15-6-5-7-16(11-15)17-8-3-4-9-20-17/h3-11H,12H2,1-2H3,(H,21,22). The van der Waals surface area contributed by atoms with Gasteiger partial charge in [-0.15, -0.1) is 0 Å². The number of carbonyl (C=O) groups excluding carboxylic acids is 1. The highest BCUT2D eigenvalue weighted by atomic mass is 16.3. The van der Waals surface area contributed by atoms with Crippen LogP contribution in [0.4, 0.5) is 0 Å². The number of hydrogen-bond donors (Lipinski definition) is 1. The molecule has 4 nitrogen and oxygen atoms in total. The first-order valence-corrected chi connectivity index (χ1v) is 7.49. The van der Waals surface area contributed by atoms with Crippen LogP contribution in [0.2, 0.25) is 0 Å². The van der Waals surface area contributed by atoms with E-state index in [1.807, 2.05) is 62.4 Å². The summed E-state index contributed by atoms with van der Waals surface area (Å²) in [6, 6.07) is 15.7. The number of carbonyl (C=O) groups is 1. The van der Waals surface area contributed by atoms with Crippen LogP contribution in [0.25, 0.3) is 11.3 Å². The Bertz CT molecular complexity index is 822. The van der Waals surface area contributed by atoms with E-state index < -0.39 is 0 Å². The molecule has 0 radical (unpaired) electrons. The van der Waals surface area contributed by atoms with Gasteiger partial charge in [-0.05, 0) is 43.7 Å². The summed E-state index contributed by atoms with van der Waals surface area (Å²) >= 11 is 0. The molecule has 0 fully saturated rings. The van der Waals surface area contributed by atoms with Gasteiger partial charge in [0.2, 0.25) is 0 Å². The minimum absolute atomic E-state index is 0.196. The van der Waals surface area contributed by atoms with Gasteiger partial charge in [0.05, 0.1) is 5.69 Å². The van der Waals surface area contributed by atoms with Crippen LogP contribution in [-0.2, 0) is 6.54 Å². The minimum atomic E-state index is -0.196. The van der Waals surface area contributed by atoms with E-state index in [2.05, 4.69) is 10.3 Å². The Morgan fingerprint density at radius 1 is 1.13 bits per heavy atom. The van der Waals surface area contributed by atoms with Crippen molar-refractivity contribution in [2.24, 2.45) is 0 Å². The maximum Gasteiger partial charge on any atom is 0.287 e. The van der Waals surface area contributed by atoms with E-state index in [1.165, 1.54) is 0 Å². The normalized spacial score (nSPS) is 10.5. The molecule has 4 heteroatoms. The van der Waals surface area contributed by atoms with Gasteiger partial charge < -0.3 is 9.73 Å². The van der Waals surface area contributed by atoms with Crippen molar-refractivity contribution in [1.29, 1.82) is 0 Å². The number of rotatable bonds is 4. The molecule has 23 heavy (non-hydrogen) atoms. The number of furan rings is 1. The highest BCUT2D eigenvalue weighted by molar-refractivity contribution is 5.92. The number of hydrogen-bond acceptors (Lipinski definition) is 3. The fourth-order valence-electron chi connectivity index (χ4n) is 2.50. The zero-order valence-corrected chi connectivity index (χ0v) is 13.2. The Hall–Kier alpha value is -2.88. The summed E-state index contributed by atoms with van der Waals surface area (Å²) in [5.41, 5.74) is 3.81. The van der Waals surface area contributed by atoms with Crippen molar-refractivity contribution in [2.75, 3.05) is 0 Å². The van der Waals surface area contributed by atoms with Crippen LogP contribution < -0.4 is 5.32 Å². The summed E-state index contributed by atoms with van der Waals surface area (Å²) in [4.78, 5) is 16.5. The molecule has 1 N–H and O–H groups in total. The summed E-state index contributed by atoms with van der Waals surface area (Å²) in [7, 11) is 0. The van der Waals surface area contributed by atoms with E-state index in [1.54, 1.807) is 6.20 Å². The lowest BCUT2D eigenvalue weighted by Crippen LogP contribution is -2.22. The van der Waals surface area contributed by atoms with E-state index in [0.29, 0.717) is 12.3 Å². The van der Waals surface area contributed by atoms with E-state index in [-0.39, 0.29) is 5.91 Å². The molecule has 0 aliphatic rings. The summed E-state index contributed by atoms with van der Waals surface area (Å²) in [5, 5.41) is 2.89. The Balaban J connectivity index is 1.71. The molecule has 0 saturated carbocycles. The monoisotopic (exact) mass is 306 g/mol. The van der Waals surface area contributed by atoms with Gasteiger partial charge in [0, 0.05) is 23.9 Å². The van der Waals surface area contributed by atoms with Gasteiger partial charge in [-0.25, -0.2) is 0 Å². The largest absolute Gasteiger partial charge is 0.456 e. The molecule has 0 aliphatic heterocycles. The molecular formula is C19H18N2O2. The predicted molar refractivity (Wildman–Crippen MR) is 89.0 cm³/mol. The van der Waals surface area contributed by atoms with Crippen molar-refractivity contribution in [1.82, 2.24) is 10.3 Å². The van der Waals surface area contributed by atoms with Crippen molar-refractivity contribution in [3.8, 4) is 11.3 Å². The van der Waals surface area contributed by atoms with Gasteiger partial charge in [0.25, 0.3) is 5.91 Å². The van der Waals surface area contributed by atoms with Crippen molar-refractivity contribution < 1.29 is 9.21 Å². The zero-order chi connectivity index (χ0) is 16.2. The summed E-state index contributed by atoms with van der Waals surface area (Å²) in [5.74, 6) is 0.923. The lowest BCUT2D eigenvalue weighted by molar-refractivity contribution is 0.0921. The predicted octanol–water partition coefficient (Wildman–Crippen LogP) is 3.89. The highest BCUT2D eigenvalue weighted by Crippen LogP contribution is 2.18. The number of aryl methyl sites for hydroxylation is 2. The maximum atomic E-state index is 12.2. The number of nitrogens with zero attached hydrogens (tertiary/aromatic N) is 1. The van der Waals surface area contributed by atoms with Gasteiger partial charge in [-0.2, -0.15) is 0 Å². The van der Waals surface area contributed by atoms with Crippen molar-refractivity contribution in [3.63, 3.8) is 0 Å². The Labute approximate surface area is 135 Å². The van der Waals surface area contributed by atoms with Gasteiger partial charge in [0.1, 0.15) is 5.76 Å². The van der Waals surface area contributed by atoms with Gasteiger partial charge >= 0.3 is 0 Å². The third kappa shape index (κ3) is 3.48. The van der Waals surface area contributed by atoms with Crippen molar-refractivity contribution >= 4 is 5.91 Å². The third-order valence-corrected chi connectivity index (χ3v) is 3.59. The average molecular weight is 306 g/mol. The summed E-state index contributed by atoms with van der Waals surface area (Å²) < 4.78 is 5.44. The number of nitrogens with one attached hydrogen (secondary N) is 1. The fourth-order valence-corrected chi connectivity index (χ4v) is 2.50. The van der Waals surface area contributed by atoms with Crippen molar-refractivity contribution in [3.05, 3.63) is 77.4 Å². The Kier molecular flexibility index (Phi) is 4.24. The smallest absolute Gasteiger partial charge is 0.287 e. The van der Waals surface area contributed by atoms with Crippen LogP contribution >= 0.6 is 0 Å². The minimum Gasteiger partial charge on any atom is -0.456 e. The van der Waals surface area contributed by atoms with E-state index >= 15 is 0 Å². The van der Waals surface area contributed by atoms with Gasteiger partial charge in [-0.3, -0.25) is 9.78 Å². The molecule has 3 rings (SSSR count). The quantitative estimate of drug-likeness (QED) is 0.795. The van der Waals surface area contributed by atoms with Crippen LogP contribution in [0, 0.1) is 13.8 Å². The highest BCUT2D eigenvalue weighted by Gasteiger charge is 2.14. The lowest BCUT2D eigenvalue weighted by Gasteiger charge is -2.07. The van der Waals surface area contributed by atoms with E-state index in [4.69, 9.17) is 4.42 Å². The first-order chi connectivity index (χ1) is 11.1. The Morgan fingerprint density at radius 2 is 2.00 bits per heavy atom. The van der Waals surface area contributed by atoms with Crippen LogP contribution in [0.5, 0.6) is 0 Å². The second-order valence-electron chi connectivity index (χ2n) is 5.47. The second kappa shape index (κ2) is 6.48.